The molecule has 34 heavy (non-hydrogen) atoms. The summed E-state index contributed by atoms with van der Waals surface area (Å²) in [5, 5.41) is 10.5. The zero-order valence-electron chi connectivity index (χ0n) is 18.8. The Hall–Kier alpha value is -2.66. The SMILES string of the molecule is COc1ccc2nccc([C@@H](F)CC[C@@H]3CCN(CC#Cc4ccc(Cl)s4)C[C@@H]3C(=O)O)c2c1. The molecule has 4 rings (SSSR count). The fraction of sp³-hybridized carbons (Fsp3) is 0.385. The second kappa shape index (κ2) is 11.2. The van der Waals surface area contributed by atoms with Crippen molar-refractivity contribution in [3.05, 3.63) is 57.4 Å². The molecule has 0 saturated carbocycles. The summed E-state index contributed by atoms with van der Waals surface area (Å²) in [7, 11) is 1.58. The fourth-order valence-corrected chi connectivity index (χ4v) is 5.44. The van der Waals surface area contributed by atoms with Crippen LogP contribution in [-0.2, 0) is 4.79 Å². The van der Waals surface area contributed by atoms with Crippen LogP contribution in [0, 0.1) is 23.7 Å². The van der Waals surface area contributed by atoms with Gasteiger partial charge in [0, 0.05) is 18.1 Å². The molecule has 3 heterocycles. The van der Waals surface area contributed by atoms with Gasteiger partial charge < -0.3 is 9.84 Å². The number of aromatic nitrogens is 1. The van der Waals surface area contributed by atoms with E-state index in [-0.39, 0.29) is 12.3 Å². The van der Waals surface area contributed by atoms with Gasteiger partial charge in [-0.3, -0.25) is 14.7 Å². The Balaban J connectivity index is 1.38. The van der Waals surface area contributed by atoms with Gasteiger partial charge in [0.05, 0.1) is 34.3 Å². The number of rotatable bonds is 7. The van der Waals surface area contributed by atoms with Gasteiger partial charge in [0.1, 0.15) is 11.9 Å². The number of carboxylic acid groups (broad SMARTS) is 1. The van der Waals surface area contributed by atoms with Gasteiger partial charge in [-0.05, 0) is 73.7 Å². The van der Waals surface area contributed by atoms with Crippen molar-refractivity contribution in [2.45, 2.75) is 25.4 Å². The topological polar surface area (TPSA) is 62.7 Å². The van der Waals surface area contributed by atoms with E-state index in [1.165, 1.54) is 11.3 Å². The van der Waals surface area contributed by atoms with Crippen LogP contribution in [0.2, 0.25) is 4.34 Å². The third-order valence-corrected chi connectivity index (χ3v) is 7.50. The first-order valence-electron chi connectivity index (χ1n) is 11.2. The quantitative estimate of drug-likeness (QED) is 0.414. The molecule has 178 valence electrons. The van der Waals surface area contributed by atoms with Crippen LogP contribution in [0.5, 0.6) is 5.75 Å². The largest absolute Gasteiger partial charge is 0.497 e. The van der Waals surface area contributed by atoms with Crippen LogP contribution in [-0.4, -0.2) is 47.7 Å². The highest BCUT2D eigenvalue weighted by Gasteiger charge is 2.34. The number of fused-ring (bicyclic) bond motifs is 1. The van der Waals surface area contributed by atoms with Gasteiger partial charge in [0.2, 0.25) is 0 Å². The molecular weight excluding hydrogens is 475 g/mol. The number of ether oxygens (including phenoxy) is 1. The van der Waals surface area contributed by atoms with Crippen LogP contribution in [0.3, 0.4) is 0 Å². The van der Waals surface area contributed by atoms with Crippen LogP contribution in [0.4, 0.5) is 4.39 Å². The smallest absolute Gasteiger partial charge is 0.308 e. The van der Waals surface area contributed by atoms with Crippen LogP contribution in [0.15, 0.2) is 42.6 Å². The normalized spacial score (nSPS) is 19.4. The Morgan fingerprint density at radius 2 is 2.24 bits per heavy atom. The number of aliphatic carboxylic acids is 1. The first-order chi connectivity index (χ1) is 16.4. The number of nitrogens with zero attached hydrogens (tertiary/aromatic N) is 2. The van der Waals surface area contributed by atoms with Gasteiger partial charge >= 0.3 is 5.97 Å². The molecule has 1 aliphatic heterocycles. The Morgan fingerprint density at radius 3 is 2.97 bits per heavy atom. The molecule has 1 saturated heterocycles. The molecule has 5 nitrogen and oxygen atoms in total. The van der Waals surface area contributed by atoms with E-state index in [1.807, 2.05) is 18.2 Å². The molecule has 2 aromatic heterocycles. The van der Waals surface area contributed by atoms with E-state index in [9.17, 15) is 9.90 Å². The zero-order chi connectivity index (χ0) is 24.1. The van der Waals surface area contributed by atoms with E-state index >= 15 is 4.39 Å². The van der Waals surface area contributed by atoms with E-state index in [4.69, 9.17) is 16.3 Å². The minimum atomic E-state index is -1.20. The molecule has 0 amide bonds. The summed E-state index contributed by atoms with van der Waals surface area (Å²) < 4.78 is 21.3. The zero-order valence-corrected chi connectivity index (χ0v) is 20.4. The summed E-state index contributed by atoms with van der Waals surface area (Å²) in [6.45, 7) is 1.68. The van der Waals surface area contributed by atoms with E-state index in [0.717, 1.165) is 16.8 Å². The van der Waals surface area contributed by atoms with E-state index < -0.39 is 18.1 Å². The highest BCUT2D eigenvalue weighted by atomic mass is 35.5. The summed E-state index contributed by atoms with van der Waals surface area (Å²) in [6.07, 6.45) is 1.90. The molecular formula is C26H26ClFN2O3S. The third-order valence-electron chi connectivity index (χ3n) is 6.36. The number of carboxylic acids is 1. The summed E-state index contributed by atoms with van der Waals surface area (Å²) in [4.78, 5) is 19.2. The first-order valence-corrected chi connectivity index (χ1v) is 12.4. The lowest BCUT2D eigenvalue weighted by Crippen LogP contribution is -2.44. The van der Waals surface area contributed by atoms with Crippen molar-refractivity contribution in [2.24, 2.45) is 11.8 Å². The molecule has 0 spiro atoms. The van der Waals surface area contributed by atoms with Crippen molar-refractivity contribution in [1.82, 2.24) is 9.88 Å². The number of carbonyl (C=O) groups is 1. The van der Waals surface area contributed by atoms with Crippen molar-refractivity contribution in [3.63, 3.8) is 0 Å². The van der Waals surface area contributed by atoms with E-state index in [0.29, 0.717) is 47.1 Å². The molecule has 8 heteroatoms. The number of thiophene rings is 1. The second-order valence-electron chi connectivity index (χ2n) is 8.46. The number of halogens is 2. The standard InChI is InChI=1S/C26H26ClFN2O3S/c1-33-18-5-8-24-21(15-18)20(10-12-29-24)23(28)7-4-17-11-14-30(16-22(17)26(31)32)13-2-3-19-6-9-25(27)34-19/h5-6,8-10,12,15,17,22-23H,4,7,11,13-14,16H2,1H3,(H,31,32)/t17-,22+,23+/m1/s1. The molecule has 0 unspecified atom stereocenters. The molecule has 3 aromatic rings. The summed E-state index contributed by atoms with van der Waals surface area (Å²) in [5.41, 5.74) is 1.28. The Bertz CT molecular complexity index is 1220. The van der Waals surface area contributed by atoms with Crippen LogP contribution >= 0.6 is 22.9 Å². The predicted molar refractivity (Wildman–Crippen MR) is 133 cm³/mol. The van der Waals surface area contributed by atoms with Gasteiger partial charge in [-0.1, -0.05) is 23.4 Å². The number of alkyl halides is 1. The molecule has 1 N–H and O–H groups in total. The highest BCUT2D eigenvalue weighted by Crippen LogP contribution is 2.35. The lowest BCUT2D eigenvalue weighted by molar-refractivity contribution is -0.146. The minimum absolute atomic E-state index is 0.0706. The summed E-state index contributed by atoms with van der Waals surface area (Å²) in [5.74, 6) is 5.41. The van der Waals surface area contributed by atoms with Crippen LogP contribution in [0.1, 0.15) is 35.9 Å². The molecule has 0 radical (unpaired) electrons. The fourth-order valence-electron chi connectivity index (χ4n) is 4.52. The van der Waals surface area contributed by atoms with Crippen LogP contribution in [0.25, 0.3) is 10.9 Å². The molecule has 1 aliphatic rings. The van der Waals surface area contributed by atoms with Gasteiger partial charge in [-0.25, -0.2) is 4.39 Å². The molecule has 0 bridgehead atoms. The van der Waals surface area contributed by atoms with Gasteiger partial charge in [0.25, 0.3) is 0 Å². The maximum Gasteiger partial charge on any atom is 0.308 e. The molecule has 1 aromatic carbocycles. The second-order valence-corrected chi connectivity index (χ2v) is 10.2. The third kappa shape index (κ3) is 5.87. The minimum Gasteiger partial charge on any atom is -0.497 e. The van der Waals surface area contributed by atoms with Gasteiger partial charge in [-0.15, -0.1) is 11.3 Å². The predicted octanol–water partition coefficient (Wildman–Crippen LogP) is 5.82. The van der Waals surface area contributed by atoms with Crippen molar-refractivity contribution in [3.8, 4) is 17.6 Å². The maximum atomic E-state index is 15.3. The Morgan fingerprint density at radius 1 is 1.38 bits per heavy atom. The number of hydrogen-bond acceptors (Lipinski definition) is 5. The Kier molecular flexibility index (Phi) is 8.04. The number of likely N-dealkylation sites (tertiary alicyclic amines) is 1. The van der Waals surface area contributed by atoms with Crippen molar-refractivity contribution in [2.75, 3.05) is 26.7 Å². The number of piperidine rings is 1. The highest BCUT2D eigenvalue weighted by molar-refractivity contribution is 7.16. The lowest BCUT2D eigenvalue weighted by Gasteiger charge is -2.35. The number of pyridine rings is 1. The lowest BCUT2D eigenvalue weighted by atomic mass is 9.81. The monoisotopic (exact) mass is 500 g/mol. The summed E-state index contributed by atoms with van der Waals surface area (Å²) >= 11 is 7.35. The average Bonchev–Trinajstić information content (AvgIpc) is 3.26. The van der Waals surface area contributed by atoms with E-state index in [2.05, 4.69) is 21.7 Å². The summed E-state index contributed by atoms with van der Waals surface area (Å²) in [6, 6.07) is 10.8. The molecule has 1 fully saturated rings. The number of methoxy groups -OCH3 is 1. The maximum absolute atomic E-state index is 15.3. The van der Waals surface area contributed by atoms with Crippen molar-refractivity contribution >= 4 is 39.8 Å². The van der Waals surface area contributed by atoms with Crippen LogP contribution < -0.4 is 4.74 Å². The average molecular weight is 501 g/mol. The van der Waals surface area contributed by atoms with E-state index in [1.54, 1.807) is 31.5 Å². The van der Waals surface area contributed by atoms with Crippen molar-refractivity contribution < 1.29 is 19.0 Å². The van der Waals surface area contributed by atoms with Crippen molar-refractivity contribution in [1.29, 1.82) is 0 Å². The molecule has 3 atom stereocenters. The van der Waals surface area contributed by atoms with Gasteiger partial charge in [-0.2, -0.15) is 0 Å². The number of benzene rings is 1. The number of hydrogen-bond donors (Lipinski definition) is 1. The Labute approximate surface area is 207 Å². The van der Waals surface area contributed by atoms with Gasteiger partial charge in [0.15, 0.2) is 0 Å². The first kappa shape index (κ1) is 24.5. The molecule has 0 aliphatic carbocycles.